The first-order chi connectivity index (χ1) is 36.7. The van der Waals surface area contributed by atoms with Crippen LogP contribution >= 0.6 is 0 Å². The third kappa shape index (κ3) is 7.85. The van der Waals surface area contributed by atoms with Crippen LogP contribution in [0.1, 0.15) is 158 Å². The molecule has 8 nitrogen and oxygen atoms in total. The molecule has 0 radical (unpaired) electrons. The average Bonchev–Trinajstić information content (AvgIpc) is 4.27. The number of benzene rings is 8. The highest BCUT2D eigenvalue weighted by Crippen LogP contribution is 2.43. The minimum Gasteiger partial charge on any atom is -0.309 e. The number of anilines is 2. The van der Waals surface area contributed by atoms with Gasteiger partial charge in [0.15, 0.2) is 0 Å². The predicted molar refractivity (Wildman–Crippen MR) is 320 cm³/mol. The number of carbonyl (C=O) groups excluding carboxylic acids is 4. The molecule has 0 spiro atoms. The number of aromatic nitrogens is 2. The van der Waals surface area contributed by atoms with Crippen LogP contribution in [0, 0.1) is 13.8 Å². The molecule has 2 aliphatic heterocycles. The van der Waals surface area contributed by atoms with Gasteiger partial charge < -0.3 is 9.13 Å². The average molecular weight is 1030 g/mol. The predicted octanol–water partition coefficient (Wildman–Crippen LogP) is 17.0. The number of hydrogen-bond donors (Lipinski definition) is 0. The number of hydrogen-bond acceptors (Lipinski definition) is 4. The van der Waals surface area contributed by atoms with Crippen molar-refractivity contribution in [3.8, 4) is 22.5 Å². The highest BCUT2D eigenvalue weighted by atomic mass is 16.2. The summed E-state index contributed by atoms with van der Waals surface area (Å²) in [4.78, 5) is 60.1. The molecule has 4 amide bonds. The van der Waals surface area contributed by atoms with Gasteiger partial charge in [-0.25, -0.2) is 9.80 Å². The van der Waals surface area contributed by atoms with Crippen molar-refractivity contribution in [1.29, 1.82) is 0 Å². The summed E-state index contributed by atoms with van der Waals surface area (Å²) in [5, 5.41) is 4.58. The zero-order valence-corrected chi connectivity index (χ0v) is 47.3. The first-order valence-corrected chi connectivity index (χ1v) is 27.2. The molecular formula is C70H66N4O4. The van der Waals surface area contributed by atoms with E-state index in [9.17, 15) is 19.2 Å². The van der Waals surface area contributed by atoms with Crippen LogP contribution < -0.4 is 9.80 Å². The van der Waals surface area contributed by atoms with Crippen molar-refractivity contribution in [2.24, 2.45) is 0 Å². The summed E-state index contributed by atoms with van der Waals surface area (Å²) in [7, 11) is 0. The molecule has 2 aromatic heterocycles. The quantitative estimate of drug-likeness (QED) is 0.161. The van der Waals surface area contributed by atoms with E-state index in [1.165, 1.54) is 32.1 Å². The molecular weight excluding hydrogens is 961 g/mol. The zero-order chi connectivity index (χ0) is 55.4. The number of aryl methyl sites for hydroxylation is 2. The summed E-state index contributed by atoms with van der Waals surface area (Å²) in [5.41, 5.74) is 16.2. The SMILES string of the molecule is Cc1cc(-c2ccc(N3C(=O)c4ccc(-n5c6ccc(C(C)(C)C)cc6c6cc(C(C)(C)C)ccc65)cc4C3=O)c(C)c2)ccc1N1C(=O)c2ccc(-n3c4ccc(C(C)(C)C)cc4c4cc(C(C)(C)C)ccc43)cc2C1=O. The maximum atomic E-state index is 14.5. The molecule has 0 fully saturated rings. The van der Waals surface area contributed by atoms with E-state index < -0.39 is 0 Å². The van der Waals surface area contributed by atoms with Gasteiger partial charge in [0, 0.05) is 32.9 Å². The van der Waals surface area contributed by atoms with E-state index in [0.717, 1.165) is 77.2 Å². The molecule has 0 bridgehead atoms. The number of carbonyl (C=O) groups is 4. The summed E-state index contributed by atoms with van der Waals surface area (Å²) in [6.45, 7) is 30.5. The van der Waals surface area contributed by atoms with Crippen LogP contribution in [0.5, 0.6) is 0 Å². The Morgan fingerprint density at radius 2 is 0.577 bits per heavy atom. The highest BCUT2D eigenvalue weighted by Gasteiger charge is 2.40. The summed E-state index contributed by atoms with van der Waals surface area (Å²) < 4.78 is 4.42. The fourth-order valence-electron chi connectivity index (χ4n) is 11.8. The summed E-state index contributed by atoms with van der Waals surface area (Å²) >= 11 is 0. The van der Waals surface area contributed by atoms with E-state index >= 15 is 0 Å². The van der Waals surface area contributed by atoms with Crippen molar-refractivity contribution in [1.82, 2.24) is 9.13 Å². The van der Waals surface area contributed by atoms with Crippen molar-refractivity contribution < 1.29 is 19.2 Å². The molecule has 10 aromatic rings. The van der Waals surface area contributed by atoms with E-state index in [-0.39, 0.29) is 45.3 Å². The minimum atomic E-state index is -0.369. The molecule has 78 heavy (non-hydrogen) atoms. The van der Waals surface area contributed by atoms with Gasteiger partial charge in [-0.2, -0.15) is 0 Å². The van der Waals surface area contributed by atoms with Crippen molar-refractivity contribution in [2.45, 2.75) is 119 Å². The van der Waals surface area contributed by atoms with E-state index in [2.05, 4.69) is 165 Å². The Bertz CT molecular complexity index is 3890. The number of imide groups is 2. The molecule has 0 saturated heterocycles. The lowest BCUT2D eigenvalue weighted by Gasteiger charge is -2.19. The second kappa shape index (κ2) is 17.1. The summed E-state index contributed by atoms with van der Waals surface area (Å²) in [5.74, 6) is -1.47. The third-order valence-electron chi connectivity index (χ3n) is 16.5. The third-order valence-corrected chi connectivity index (χ3v) is 16.5. The van der Waals surface area contributed by atoms with Crippen molar-refractivity contribution in [2.75, 3.05) is 9.80 Å². The van der Waals surface area contributed by atoms with Crippen LogP contribution in [0.15, 0.2) is 146 Å². The van der Waals surface area contributed by atoms with Gasteiger partial charge in [-0.3, -0.25) is 19.2 Å². The van der Waals surface area contributed by atoms with Gasteiger partial charge in [0.25, 0.3) is 23.6 Å². The largest absolute Gasteiger partial charge is 0.309 e. The van der Waals surface area contributed by atoms with E-state index in [0.29, 0.717) is 33.6 Å². The first kappa shape index (κ1) is 50.5. The van der Waals surface area contributed by atoms with Crippen LogP contribution in [0.25, 0.3) is 66.1 Å². The Balaban J connectivity index is 0.831. The smallest absolute Gasteiger partial charge is 0.266 e. The van der Waals surface area contributed by atoms with Gasteiger partial charge in [-0.05, 0) is 189 Å². The van der Waals surface area contributed by atoms with Crippen molar-refractivity contribution in [3.63, 3.8) is 0 Å². The number of rotatable bonds is 5. The van der Waals surface area contributed by atoms with E-state index in [1.807, 2.05) is 74.5 Å². The molecule has 0 N–H and O–H groups in total. The molecule has 0 aliphatic carbocycles. The summed E-state index contributed by atoms with van der Waals surface area (Å²) in [6, 6.07) is 49.3. The van der Waals surface area contributed by atoms with E-state index in [1.54, 1.807) is 12.1 Å². The molecule has 12 rings (SSSR count). The van der Waals surface area contributed by atoms with Gasteiger partial charge in [0.2, 0.25) is 0 Å². The number of fused-ring (bicyclic) bond motifs is 8. The zero-order valence-electron chi connectivity index (χ0n) is 47.3. The fraction of sp³-hybridized carbons (Fsp3) is 0.257. The molecule has 4 heterocycles. The van der Waals surface area contributed by atoms with Crippen LogP contribution in [0.4, 0.5) is 11.4 Å². The molecule has 0 atom stereocenters. The van der Waals surface area contributed by atoms with Gasteiger partial charge >= 0.3 is 0 Å². The number of amides is 4. The highest BCUT2D eigenvalue weighted by molar-refractivity contribution is 6.36. The normalized spacial score (nSPS) is 14.3. The van der Waals surface area contributed by atoms with Crippen LogP contribution in [-0.2, 0) is 21.7 Å². The Labute approximate surface area is 456 Å². The molecule has 2 aliphatic rings. The summed E-state index contributed by atoms with van der Waals surface area (Å²) in [6.07, 6.45) is 0. The lowest BCUT2D eigenvalue weighted by Crippen LogP contribution is -2.30. The maximum absolute atomic E-state index is 14.5. The molecule has 390 valence electrons. The standard InChI is InChI=1S/C70H66N4O4/c1-39-31-41(15-25-57(39)73-63(75)49-23-21-47(37-55(49)65(73)77)71-59-27-17-43(67(3,4)5)33-51(59)52-34-44(68(6,7)8)18-28-60(52)71)42-16-26-58(40(2)32-42)74-64(76)50-24-22-48(38-56(50)66(74)78)72-61-29-19-45(69(9,10)11)35-53(61)54-36-46(70(12,13)14)20-30-62(54)72/h15-38H,1-14H3. The second-order valence-electron chi connectivity index (χ2n) is 26.0. The maximum Gasteiger partial charge on any atom is 0.266 e. The van der Waals surface area contributed by atoms with Crippen molar-refractivity contribution >= 4 is 78.6 Å². The molecule has 0 saturated carbocycles. The molecule has 8 heteroatoms. The Kier molecular flexibility index (Phi) is 11.0. The van der Waals surface area contributed by atoms with E-state index in [4.69, 9.17) is 0 Å². The van der Waals surface area contributed by atoms with Gasteiger partial charge in [0.1, 0.15) is 0 Å². The topological polar surface area (TPSA) is 84.6 Å². The lowest BCUT2D eigenvalue weighted by molar-refractivity contribution is 0.0910. The van der Waals surface area contributed by atoms with Gasteiger partial charge in [0.05, 0.1) is 55.7 Å². The Morgan fingerprint density at radius 1 is 0.295 bits per heavy atom. The fourth-order valence-corrected chi connectivity index (χ4v) is 11.8. The number of nitrogens with zero attached hydrogens (tertiary/aromatic N) is 4. The lowest BCUT2D eigenvalue weighted by atomic mass is 9.85. The van der Waals surface area contributed by atoms with Crippen LogP contribution in [-0.4, -0.2) is 32.8 Å². The van der Waals surface area contributed by atoms with Gasteiger partial charge in [-0.15, -0.1) is 0 Å². The minimum absolute atomic E-state index is 0.0439. The van der Waals surface area contributed by atoms with Crippen LogP contribution in [0.3, 0.4) is 0 Å². The Morgan fingerprint density at radius 3 is 0.846 bits per heavy atom. The Hall–Kier alpha value is -8.36. The monoisotopic (exact) mass is 1030 g/mol. The van der Waals surface area contributed by atoms with Gasteiger partial charge in [-0.1, -0.05) is 119 Å². The first-order valence-electron chi connectivity index (χ1n) is 27.2. The molecule has 0 unspecified atom stereocenters. The second-order valence-corrected chi connectivity index (χ2v) is 26.0. The molecule has 8 aromatic carbocycles. The van der Waals surface area contributed by atoms with Crippen molar-refractivity contribution in [3.05, 3.63) is 201 Å². The van der Waals surface area contributed by atoms with Crippen LogP contribution in [0.2, 0.25) is 0 Å².